The van der Waals surface area contributed by atoms with E-state index in [4.69, 9.17) is 0 Å². The van der Waals surface area contributed by atoms with Gasteiger partial charge in [0.05, 0.1) is 29.6 Å². The normalized spacial score (nSPS) is 10.7. The van der Waals surface area contributed by atoms with E-state index in [1.807, 2.05) is 30.3 Å². The maximum atomic E-state index is 13.2. The number of carbonyl (C=O) groups is 1. The molecule has 2 heterocycles. The molecule has 0 aliphatic carbocycles. The number of aromatic nitrogens is 3. The molecule has 2 aromatic heterocycles. The van der Waals surface area contributed by atoms with Crippen molar-refractivity contribution in [2.24, 2.45) is 0 Å². The molecule has 0 unspecified atom stereocenters. The third kappa shape index (κ3) is 4.81. The molecule has 0 aliphatic heterocycles. The van der Waals surface area contributed by atoms with E-state index >= 15 is 0 Å². The van der Waals surface area contributed by atoms with E-state index in [1.165, 1.54) is 45.3 Å². The minimum absolute atomic E-state index is 0.174. The Hall–Kier alpha value is -3.92. The summed E-state index contributed by atoms with van der Waals surface area (Å²) in [5.74, 6) is -0.981. The van der Waals surface area contributed by atoms with Crippen LogP contribution in [0.15, 0.2) is 72.2 Å². The van der Waals surface area contributed by atoms with Gasteiger partial charge in [-0.1, -0.05) is 30.3 Å². The minimum Gasteiger partial charge on any atom is -0.358 e. The van der Waals surface area contributed by atoms with Crippen LogP contribution < -0.4 is 4.90 Å². The standard InChI is InChI=1S/C21H16FN5O3S/c22-17-8-6-16(7-9-17)18-14-31-21(23-18)26(12-15-4-2-1-3-5-15)20(28)13-25-11-10-19(24-25)27(29)30/h1-11,14H,12-13H2. The first-order chi connectivity index (χ1) is 15.0. The molecule has 0 aliphatic rings. The number of nitrogens with zero attached hydrogens (tertiary/aromatic N) is 5. The number of carbonyl (C=O) groups excluding carboxylic acids is 1. The summed E-state index contributed by atoms with van der Waals surface area (Å²) < 4.78 is 14.5. The van der Waals surface area contributed by atoms with Crippen molar-refractivity contribution in [1.82, 2.24) is 14.8 Å². The van der Waals surface area contributed by atoms with Crippen LogP contribution in [0.3, 0.4) is 0 Å². The molecule has 0 atom stereocenters. The highest BCUT2D eigenvalue weighted by atomic mass is 32.1. The molecule has 156 valence electrons. The van der Waals surface area contributed by atoms with E-state index in [0.29, 0.717) is 10.8 Å². The van der Waals surface area contributed by atoms with Crippen LogP contribution in [0, 0.1) is 15.9 Å². The summed E-state index contributed by atoms with van der Waals surface area (Å²) in [6.07, 6.45) is 1.39. The van der Waals surface area contributed by atoms with Gasteiger partial charge in [0.1, 0.15) is 12.4 Å². The van der Waals surface area contributed by atoms with Crippen molar-refractivity contribution in [2.75, 3.05) is 4.90 Å². The van der Waals surface area contributed by atoms with Gasteiger partial charge in [0.2, 0.25) is 0 Å². The van der Waals surface area contributed by atoms with Crippen molar-refractivity contribution in [3.63, 3.8) is 0 Å². The number of anilines is 1. The number of halogens is 1. The van der Waals surface area contributed by atoms with Crippen LogP contribution in [0.4, 0.5) is 15.3 Å². The molecule has 0 fully saturated rings. The molecule has 0 saturated carbocycles. The number of amides is 1. The second-order valence-electron chi connectivity index (χ2n) is 6.62. The zero-order chi connectivity index (χ0) is 21.8. The molecular formula is C21H16FN5O3S. The summed E-state index contributed by atoms with van der Waals surface area (Å²) in [5, 5.41) is 16.9. The maximum Gasteiger partial charge on any atom is 0.389 e. The van der Waals surface area contributed by atoms with Crippen molar-refractivity contribution in [3.8, 4) is 11.3 Å². The van der Waals surface area contributed by atoms with Gasteiger partial charge in [-0.25, -0.2) is 9.37 Å². The van der Waals surface area contributed by atoms with Gasteiger partial charge < -0.3 is 10.1 Å². The molecule has 10 heteroatoms. The molecule has 0 bridgehead atoms. The summed E-state index contributed by atoms with van der Waals surface area (Å²) in [6, 6.07) is 16.6. The molecule has 0 saturated heterocycles. The number of benzene rings is 2. The maximum absolute atomic E-state index is 13.2. The molecule has 0 radical (unpaired) electrons. The first-order valence-corrected chi connectivity index (χ1v) is 10.1. The lowest BCUT2D eigenvalue weighted by Gasteiger charge is -2.19. The van der Waals surface area contributed by atoms with Crippen LogP contribution in [-0.2, 0) is 17.9 Å². The van der Waals surface area contributed by atoms with Crippen molar-refractivity contribution >= 4 is 28.2 Å². The van der Waals surface area contributed by atoms with Gasteiger partial charge in [-0.3, -0.25) is 9.69 Å². The Kier molecular flexibility index (Phi) is 5.80. The van der Waals surface area contributed by atoms with Crippen molar-refractivity contribution in [3.05, 3.63) is 93.7 Å². The zero-order valence-electron chi connectivity index (χ0n) is 16.1. The van der Waals surface area contributed by atoms with Gasteiger partial charge in [-0.15, -0.1) is 11.3 Å². The first-order valence-electron chi connectivity index (χ1n) is 9.23. The Morgan fingerprint density at radius 1 is 1.13 bits per heavy atom. The Morgan fingerprint density at radius 2 is 1.87 bits per heavy atom. The first kappa shape index (κ1) is 20.4. The number of thiazole rings is 1. The fourth-order valence-corrected chi connectivity index (χ4v) is 3.78. The number of hydrogen-bond donors (Lipinski definition) is 0. The molecular weight excluding hydrogens is 421 g/mol. The Bertz CT molecular complexity index is 1210. The van der Waals surface area contributed by atoms with Crippen LogP contribution in [-0.4, -0.2) is 25.6 Å². The van der Waals surface area contributed by atoms with Gasteiger partial charge in [0.15, 0.2) is 5.13 Å². The average molecular weight is 437 g/mol. The van der Waals surface area contributed by atoms with Crippen LogP contribution in [0.5, 0.6) is 0 Å². The van der Waals surface area contributed by atoms with Gasteiger partial charge in [0, 0.05) is 10.9 Å². The molecule has 0 spiro atoms. The van der Waals surface area contributed by atoms with E-state index in [9.17, 15) is 19.3 Å². The highest BCUT2D eigenvalue weighted by Gasteiger charge is 2.23. The molecule has 4 rings (SSSR count). The Morgan fingerprint density at radius 3 is 2.55 bits per heavy atom. The molecule has 4 aromatic rings. The summed E-state index contributed by atoms with van der Waals surface area (Å²) in [5.41, 5.74) is 2.26. The van der Waals surface area contributed by atoms with E-state index in [1.54, 1.807) is 17.5 Å². The Balaban J connectivity index is 1.61. The van der Waals surface area contributed by atoms with Crippen molar-refractivity contribution in [1.29, 1.82) is 0 Å². The van der Waals surface area contributed by atoms with Crippen molar-refractivity contribution < 1.29 is 14.1 Å². The second kappa shape index (κ2) is 8.84. The molecule has 0 N–H and O–H groups in total. The monoisotopic (exact) mass is 437 g/mol. The zero-order valence-corrected chi connectivity index (χ0v) is 16.9. The van der Waals surface area contributed by atoms with Gasteiger partial charge in [-0.05, 0) is 34.8 Å². The number of hydrogen-bond acceptors (Lipinski definition) is 6. The minimum atomic E-state index is -0.613. The molecule has 8 nitrogen and oxygen atoms in total. The van der Waals surface area contributed by atoms with Crippen LogP contribution in [0.25, 0.3) is 11.3 Å². The predicted molar refractivity (Wildman–Crippen MR) is 114 cm³/mol. The third-order valence-corrected chi connectivity index (χ3v) is 5.32. The van der Waals surface area contributed by atoms with E-state index < -0.39 is 4.92 Å². The van der Waals surface area contributed by atoms with Gasteiger partial charge in [-0.2, -0.15) is 4.68 Å². The molecule has 2 aromatic carbocycles. The summed E-state index contributed by atoms with van der Waals surface area (Å²) in [6.45, 7) is 0.103. The summed E-state index contributed by atoms with van der Waals surface area (Å²) in [7, 11) is 0. The van der Waals surface area contributed by atoms with E-state index in [0.717, 1.165) is 11.1 Å². The number of rotatable bonds is 7. The highest BCUT2D eigenvalue weighted by molar-refractivity contribution is 7.14. The fraction of sp³-hybridized carbons (Fsp3) is 0.0952. The van der Waals surface area contributed by atoms with Gasteiger partial charge >= 0.3 is 5.82 Å². The second-order valence-corrected chi connectivity index (χ2v) is 7.45. The molecule has 1 amide bonds. The SMILES string of the molecule is O=C(Cn1ccc([N+](=O)[O-])n1)N(Cc1ccccc1)c1nc(-c2ccc(F)cc2)cs1. The van der Waals surface area contributed by atoms with Crippen LogP contribution in [0.1, 0.15) is 5.56 Å². The largest absolute Gasteiger partial charge is 0.389 e. The quantitative estimate of drug-likeness (QED) is 0.318. The highest BCUT2D eigenvalue weighted by Crippen LogP contribution is 2.29. The lowest BCUT2D eigenvalue weighted by atomic mass is 10.2. The van der Waals surface area contributed by atoms with E-state index in [-0.39, 0.29) is 30.6 Å². The van der Waals surface area contributed by atoms with Crippen LogP contribution in [0.2, 0.25) is 0 Å². The average Bonchev–Trinajstić information content (AvgIpc) is 3.43. The lowest BCUT2D eigenvalue weighted by Crippen LogP contribution is -2.33. The molecule has 31 heavy (non-hydrogen) atoms. The fourth-order valence-electron chi connectivity index (χ4n) is 2.93. The Labute approximate surface area is 180 Å². The smallest absolute Gasteiger partial charge is 0.358 e. The number of nitro groups is 1. The van der Waals surface area contributed by atoms with E-state index in [2.05, 4.69) is 10.1 Å². The topological polar surface area (TPSA) is 94.2 Å². The van der Waals surface area contributed by atoms with Crippen molar-refractivity contribution in [2.45, 2.75) is 13.1 Å². The third-order valence-electron chi connectivity index (χ3n) is 4.46. The predicted octanol–water partition coefficient (Wildman–Crippen LogP) is 4.29. The summed E-state index contributed by atoms with van der Waals surface area (Å²) in [4.78, 5) is 29.4. The summed E-state index contributed by atoms with van der Waals surface area (Å²) >= 11 is 1.29. The lowest BCUT2D eigenvalue weighted by molar-refractivity contribution is -0.389. The van der Waals surface area contributed by atoms with Gasteiger partial charge in [0.25, 0.3) is 5.91 Å². The van der Waals surface area contributed by atoms with Crippen LogP contribution >= 0.6 is 11.3 Å².